The van der Waals surface area contributed by atoms with Crippen LogP contribution in [-0.4, -0.2) is 16.5 Å². The average Bonchev–Trinajstić information content (AvgIpc) is 2.19. The third-order valence-electron chi connectivity index (χ3n) is 1.77. The quantitative estimate of drug-likeness (QED) is 0.849. The van der Waals surface area contributed by atoms with Crippen molar-refractivity contribution in [1.82, 2.24) is 4.98 Å². The monoisotopic (exact) mass is 286 g/mol. The molecule has 0 saturated heterocycles. The minimum absolute atomic E-state index is 0.418. The lowest BCUT2D eigenvalue weighted by atomic mass is 10.2. The second kappa shape index (κ2) is 4.83. The Hall–Kier alpha value is -2.18. The second-order valence-corrected chi connectivity index (χ2v) is 3.19. The zero-order valence-corrected chi connectivity index (χ0v) is 8.80. The molecule has 0 unspecified atom stereocenters. The van der Waals surface area contributed by atoms with Gasteiger partial charge in [0.05, 0.1) is 18.2 Å². The van der Waals surface area contributed by atoms with Crippen LogP contribution in [0.5, 0.6) is 11.5 Å². The molecular formula is C9H4F6N2O2. The molecule has 19 heavy (non-hydrogen) atoms. The number of rotatable bonds is 2. The summed E-state index contributed by atoms with van der Waals surface area (Å²) in [6.45, 7) is 0. The fourth-order valence-electron chi connectivity index (χ4n) is 1.14. The maximum absolute atomic E-state index is 12.4. The van der Waals surface area contributed by atoms with Gasteiger partial charge >= 0.3 is 12.5 Å². The van der Waals surface area contributed by atoms with Crippen LogP contribution in [0.2, 0.25) is 0 Å². The topological polar surface area (TPSA) is 66.1 Å². The van der Waals surface area contributed by atoms with Gasteiger partial charge in [0, 0.05) is 6.07 Å². The highest BCUT2D eigenvalue weighted by atomic mass is 19.4. The summed E-state index contributed by atoms with van der Waals surface area (Å²) in [5, 5.41) is 17.4. The van der Waals surface area contributed by atoms with E-state index >= 15 is 0 Å². The maximum Gasteiger partial charge on any atom is 0.573 e. The number of pyridine rings is 1. The molecule has 0 spiro atoms. The molecule has 0 aromatic carbocycles. The molecule has 1 N–H and O–H groups in total. The summed E-state index contributed by atoms with van der Waals surface area (Å²) < 4.78 is 76.5. The molecule has 0 amide bonds. The molecule has 1 heterocycles. The number of ether oxygens (including phenoxy) is 1. The lowest BCUT2D eigenvalue weighted by Gasteiger charge is -2.15. The van der Waals surface area contributed by atoms with Gasteiger partial charge in [-0.2, -0.15) is 18.4 Å². The maximum atomic E-state index is 12.4. The normalized spacial score (nSPS) is 12.1. The third kappa shape index (κ3) is 3.90. The number of nitrogens with zero attached hydrogens (tertiary/aromatic N) is 2. The van der Waals surface area contributed by atoms with Crippen molar-refractivity contribution in [2.45, 2.75) is 19.0 Å². The first-order chi connectivity index (χ1) is 8.54. The number of hydrogen-bond donors (Lipinski definition) is 1. The summed E-state index contributed by atoms with van der Waals surface area (Å²) in [6.07, 6.45) is -11.1. The molecule has 0 saturated carbocycles. The van der Waals surface area contributed by atoms with Crippen LogP contribution in [0.1, 0.15) is 11.4 Å². The number of alkyl halides is 6. The van der Waals surface area contributed by atoms with E-state index in [4.69, 9.17) is 10.4 Å². The van der Waals surface area contributed by atoms with Gasteiger partial charge in [-0.05, 0) is 0 Å². The van der Waals surface area contributed by atoms with Gasteiger partial charge in [0.25, 0.3) is 0 Å². The van der Waals surface area contributed by atoms with Crippen molar-refractivity contribution in [1.29, 1.82) is 5.26 Å². The van der Waals surface area contributed by atoms with Crippen molar-refractivity contribution < 1.29 is 36.2 Å². The van der Waals surface area contributed by atoms with Crippen LogP contribution in [0.3, 0.4) is 0 Å². The first-order valence-corrected chi connectivity index (χ1v) is 4.47. The van der Waals surface area contributed by atoms with Crippen LogP contribution in [-0.2, 0) is 12.6 Å². The van der Waals surface area contributed by atoms with E-state index in [1.54, 1.807) is 0 Å². The number of nitriles is 1. The largest absolute Gasteiger partial charge is 0.573 e. The molecule has 10 heteroatoms. The van der Waals surface area contributed by atoms with Gasteiger partial charge in [0.2, 0.25) is 0 Å². The summed E-state index contributed by atoms with van der Waals surface area (Å²) in [7, 11) is 0. The molecule has 0 fully saturated rings. The van der Waals surface area contributed by atoms with Crippen molar-refractivity contribution in [2.75, 3.05) is 0 Å². The standard InChI is InChI=1S/C9H4F6N2O2/c10-8(11,12)7-6(18)5(19-9(13,14)15)3-4(17-7)1-2-16/h3,18H,1H2. The van der Waals surface area contributed by atoms with E-state index in [9.17, 15) is 26.3 Å². The zero-order valence-electron chi connectivity index (χ0n) is 8.80. The fraction of sp³-hybridized carbons (Fsp3) is 0.333. The van der Waals surface area contributed by atoms with Gasteiger partial charge in [-0.15, -0.1) is 13.2 Å². The predicted octanol–water partition coefficient (Wildman–Crippen LogP) is 2.77. The first kappa shape index (κ1) is 14.9. The van der Waals surface area contributed by atoms with Gasteiger partial charge < -0.3 is 9.84 Å². The number of aromatic nitrogens is 1. The Morgan fingerprint density at radius 2 is 1.84 bits per heavy atom. The number of aromatic hydroxyl groups is 1. The molecule has 0 bridgehead atoms. The molecule has 104 valence electrons. The van der Waals surface area contributed by atoms with E-state index < -0.39 is 41.8 Å². The summed E-state index contributed by atoms with van der Waals surface area (Å²) in [5.41, 5.74) is -2.55. The van der Waals surface area contributed by atoms with Gasteiger partial charge in [0.15, 0.2) is 17.2 Å². The van der Waals surface area contributed by atoms with Crippen molar-refractivity contribution in [2.24, 2.45) is 0 Å². The summed E-state index contributed by atoms with van der Waals surface area (Å²) in [6, 6.07) is 1.84. The van der Waals surface area contributed by atoms with Crippen LogP contribution in [0.15, 0.2) is 6.07 Å². The molecular weight excluding hydrogens is 282 g/mol. The molecule has 0 aliphatic heterocycles. The van der Waals surface area contributed by atoms with Crippen molar-refractivity contribution >= 4 is 0 Å². The number of hydrogen-bond acceptors (Lipinski definition) is 4. The summed E-state index contributed by atoms with van der Waals surface area (Å²) >= 11 is 0. The Morgan fingerprint density at radius 1 is 1.26 bits per heavy atom. The van der Waals surface area contributed by atoms with Gasteiger partial charge in [0.1, 0.15) is 0 Å². The molecule has 0 radical (unpaired) electrons. The lowest BCUT2D eigenvalue weighted by molar-refractivity contribution is -0.275. The molecule has 1 aromatic heterocycles. The minimum Gasteiger partial charge on any atom is -0.503 e. The van der Waals surface area contributed by atoms with Crippen molar-refractivity contribution in [3.63, 3.8) is 0 Å². The molecule has 0 atom stereocenters. The highest BCUT2D eigenvalue weighted by molar-refractivity contribution is 5.45. The van der Waals surface area contributed by atoms with E-state index in [0.717, 1.165) is 0 Å². The fourth-order valence-corrected chi connectivity index (χ4v) is 1.14. The predicted molar refractivity (Wildman–Crippen MR) is 46.9 cm³/mol. The Balaban J connectivity index is 3.38. The zero-order chi connectivity index (χ0) is 14.8. The molecule has 0 aliphatic carbocycles. The van der Waals surface area contributed by atoms with Crippen molar-refractivity contribution in [3.05, 3.63) is 17.5 Å². The highest BCUT2D eigenvalue weighted by Crippen LogP contribution is 2.41. The average molecular weight is 286 g/mol. The summed E-state index contributed by atoms with van der Waals surface area (Å²) in [5.74, 6) is -3.24. The highest BCUT2D eigenvalue weighted by Gasteiger charge is 2.40. The smallest absolute Gasteiger partial charge is 0.503 e. The van der Waals surface area contributed by atoms with Crippen LogP contribution in [0, 0.1) is 11.3 Å². The lowest BCUT2D eigenvalue weighted by Crippen LogP contribution is -2.19. The van der Waals surface area contributed by atoms with E-state index in [-0.39, 0.29) is 0 Å². The van der Waals surface area contributed by atoms with Crippen molar-refractivity contribution in [3.8, 4) is 17.6 Å². The molecule has 1 aromatic rings. The Labute approximate surface area is 101 Å². The van der Waals surface area contributed by atoms with Gasteiger partial charge in [-0.25, -0.2) is 4.98 Å². The Bertz CT molecular complexity index is 517. The SMILES string of the molecule is N#CCc1cc(OC(F)(F)F)c(O)c(C(F)(F)F)n1. The van der Waals surface area contributed by atoms with Crippen LogP contribution >= 0.6 is 0 Å². The Kier molecular flexibility index (Phi) is 3.78. The van der Waals surface area contributed by atoms with Gasteiger partial charge in [-0.3, -0.25) is 0 Å². The summed E-state index contributed by atoms with van der Waals surface area (Å²) in [4.78, 5) is 2.88. The number of halogens is 6. The third-order valence-corrected chi connectivity index (χ3v) is 1.77. The van der Waals surface area contributed by atoms with Crippen LogP contribution < -0.4 is 4.74 Å². The molecule has 4 nitrogen and oxygen atoms in total. The second-order valence-electron chi connectivity index (χ2n) is 3.19. The van der Waals surface area contributed by atoms with Crippen LogP contribution in [0.25, 0.3) is 0 Å². The van der Waals surface area contributed by atoms with Gasteiger partial charge in [-0.1, -0.05) is 0 Å². The van der Waals surface area contributed by atoms with E-state index in [1.807, 2.05) is 0 Å². The molecule has 0 aliphatic rings. The molecule has 1 rings (SSSR count). The minimum atomic E-state index is -5.29. The van der Waals surface area contributed by atoms with Crippen LogP contribution in [0.4, 0.5) is 26.3 Å². The van der Waals surface area contributed by atoms with E-state index in [0.29, 0.717) is 6.07 Å². The van der Waals surface area contributed by atoms with E-state index in [1.165, 1.54) is 6.07 Å². The van der Waals surface area contributed by atoms with E-state index in [2.05, 4.69) is 9.72 Å². The first-order valence-electron chi connectivity index (χ1n) is 4.47. The Morgan fingerprint density at radius 3 is 2.26 bits per heavy atom.